The number of methoxy groups -OCH3 is 1. The predicted molar refractivity (Wildman–Crippen MR) is 149 cm³/mol. The van der Waals surface area contributed by atoms with Gasteiger partial charge in [-0.3, -0.25) is 0 Å². The van der Waals surface area contributed by atoms with Gasteiger partial charge in [-0.2, -0.15) is 0 Å². The summed E-state index contributed by atoms with van der Waals surface area (Å²) in [6.07, 6.45) is 5.84. The van der Waals surface area contributed by atoms with Crippen LogP contribution in [0.1, 0.15) is 61.3 Å². The van der Waals surface area contributed by atoms with Gasteiger partial charge in [-0.1, -0.05) is 115 Å². The van der Waals surface area contributed by atoms with Crippen LogP contribution in [0.15, 0.2) is 72.8 Å². The molecule has 1 saturated carbocycles. The molecule has 0 aliphatic heterocycles. The Morgan fingerprint density at radius 3 is 2.00 bits per heavy atom. The average Bonchev–Trinajstić information content (AvgIpc) is 3.07. The molecule has 3 rings (SSSR count). The Hall–Kier alpha value is -2.17. The maximum Gasteiger partial charge on any atom is 0.330 e. The van der Waals surface area contributed by atoms with Crippen LogP contribution in [0.25, 0.3) is 0 Å². The second-order valence-corrected chi connectivity index (χ2v) is 16.3. The molecule has 3 atom stereocenters. The third kappa shape index (κ3) is 5.06. The van der Waals surface area contributed by atoms with Gasteiger partial charge < -0.3 is 9.16 Å². The molecule has 0 radical (unpaired) electrons. The maximum atomic E-state index is 11.7. The van der Waals surface area contributed by atoms with Gasteiger partial charge in [0, 0.05) is 12.7 Å². The zero-order valence-corrected chi connectivity index (χ0v) is 23.9. The highest BCUT2D eigenvalue weighted by atomic mass is 28.4. The zero-order chi connectivity index (χ0) is 25.9. The molecule has 1 unspecified atom stereocenters. The van der Waals surface area contributed by atoms with Crippen molar-refractivity contribution in [1.82, 2.24) is 0 Å². The largest absolute Gasteiger partial charge is 0.466 e. The fourth-order valence-corrected chi connectivity index (χ4v) is 10.8. The third-order valence-electron chi connectivity index (χ3n) is 9.15. The summed E-state index contributed by atoms with van der Waals surface area (Å²) in [6.45, 7) is 17.1. The Kier molecular flexibility index (Phi) is 8.18. The van der Waals surface area contributed by atoms with Gasteiger partial charge in [0.2, 0.25) is 0 Å². The fourth-order valence-electron chi connectivity index (χ4n) is 6.22. The lowest BCUT2D eigenvalue weighted by Gasteiger charge is -2.47. The van der Waals surface area contributed by atoms with Gasteiger partial charge in [0.25, 0.3) is 8.32 Å². The van der Waals surface area contributed by atoms with E-state index in [4.69, 9.17) is 9.16 Å². The number of rotatable bonds is 8. The molecule has 190 valence electrons. The quantitative estimate of drug-likeness (QED) is 0.244. The standard InChI is InChI=1S/C31H44O3Si/c1-24(19-20-28(32)33-8)31(7)22-21-25(30(31,5)6)23-34-35(29(2,3)4,26-15-11-9-12-16-26)27-17-13-10-14-18-27/h9-20,24-25H,21-23H2,1-8H3/t24?,25-,31-/m0/s1. The molecule has 1 aliphatic carbocycles. The summed E-state index contributed by atoms with van der Waals surface area (Å²) < 4.78 is 12.1. The molecule has 0 heterocycles. The van der Waals surface area contributed by atoms with E-state index in [-0.39, 0.29) is 27.8 Å². The van der Waals surface area contributed by atoms with Crippen LogP contribution in [0, 0.1) is 22.7 Å². The van der Waals surface area contributed by atoms with E-state index in [9.17, 15) is 4.79 Å². The SMILES string of the molecule is COC(=O)C=CC(C)[C@]1(C)CC[C@@H](CO[Si](c2ccccc2)(c2ccccc2)C(C)(C)C)C1(C)C. The van der Waals surface area contributed by atoms with Crippen LogP contribution in [-0.4, -0.2) is 28.0 Å². The van der Waals surface area contributed by atoms with Crippen LogP contribution in [0.2, 0.25) is 5.04 Å². The summed E-state index contributed by atoms with van der Waals surface area (Å²) in [5.74, 6) is 0.403. The normalized spacial score (nSPS) is 23.4. The van der Waals surface area contributed by atoms with Gasteiger partial charge in [-0.25, -0.2) is 4.79 Å². The molecule has 2 aromatic carbocycles. The van der Waals surface area contributed by atoms with Crippen LogP contribution in [0.4, 0.5) is 0 Å². The maximum absolute atomic E-state index is 11.7. The van der Waals surface area contributed by atoms with Crippen molar-refractivity contribution in [1.29, 1.82) is 0 Å². The molecule has 3 nitrogen and oxygen atoms in total. The van der Waals surface area contributed by atoms with Crippen LogP contribution < -0.4 is 10.4 Å². The van der Waals surface area contributed by atoms with E-state index in [0.29, 0.717) is 5.92 Å². The Labute approximate surface area is 214 Å². The minimum Gasteiger partial charge on any atom is -0.466 e. The minimum atomic E-state index is -2.56. The van der Waals surface area contributed by atoms with E-state index in [1.165, 1.54) is 17.5 Å². The van der Waals surface area contributed by atoms with Crippen LogP contribution in [-0.2, 0) is 14.0 Å². The van der Waals surface area contributed by atoms with Crippen LogP contribution in [0.3, 0.4) is 0 Å². The second kappa shape index (κ2) is 10.4. The number of esters is 1. The van der Waals surface area contributed by atoms with Crippen molar-refractivity contribution in [2.75, 3.05) is 13.7 Å². The Morgan fingerprint density at radius 1 is 1.03 bits per heavy atom. The number of hydrogen-bond donors (Lipinski definition) is 0. The van der Waals surface area contributed by atoms with E-state index in [0.717, 1.165) is 19.4 Å². The molecular weight excluding hydrogens is 448 g/mol. The third-order valence-corrected chi connectivity index (χ3v) is 14.2. The van der Waals surface area contributed by atoms with E-state index < -0.39 is 8.32 Å². The Morgan fingerprint density at radius 2 is 1.54 bits per heavy atom. The second-order valence-electron chi connectivity index (χ2n) is 12.0. The smallest absolute Gasteiger partial charge is 0.330 e. The number of carbonyl (C=O) groups excluding carboxylic acids is 1. The van der Waals surface area contributed by atoms with Crippen LogP contribution >= 0.6 is 0 Å². The van der Waals surface area contributed by atoms with Crippen molar-refractivity contribution >= 4 is 24.7 Å². The highest BCUT2D eigenvalue weighted by Gasteiger charge is 2.55. The lowest BCUT2D eigenvalue weighted by molar-refractivity contribution is -0.134. The molecule has 0 saturated heterocycles. The first-order chi connectivity index (χ1) is 16.4. The Bertz CT molecular complexity index is 967. The molecular formula is C31H44O3Si. The van der Waals surface area contributed by atoms with Gasteiger partial charge >= 0.3 is 5.97 Å². The van der Waals surface area contributed by atoms with E-state index >= 15 is 0 Å². The van der Waals surface area contributed by atoms with Gasteiger partial charge in [0.1, 0.15) is 0 Å². The number of carbonyl (C=O) groups is 1. The summed E-state index contributed by atoms with van der Waals surface area (Å²) in [6, 6.07) is 21.8. The molecule has 0 spiro atoms. The van der Waals surface area contributed by atoms with E-state index in [1.54, 1.807) is 6.08 Å². The predicted octanol–water partition coefficient (Wildman–Crippen LogP) is 6.37. The van der Waals surface area contributed by atoms with Gasteiger partial charge in [-0.15, -0.1) is 0 Å². The zero-order valence-electron chi connectivity index (χ0n) is 22.9. The summed E-state index contributed by atoms with van der Waals surface area (Å²) in [5, 5.41) is 2.62. The first-order valence-corrected chi connectivity index (χ1v) is 14.8. The molecule has 1 fully saturated rings. The molecule has 2 aromatic rings. The molecule has 0 amide bonds. The molecule has 35 heavy (non-hydrogen) atoms. The molecule has 1 aliphatic rings. The van der Waals surface area contributed by atoms with Crippen molar-refractivity contribution in [3.63, 3.8) is 0 Å². The number of allylic oxidation sites excluding steroid dienone is 1. The van der Waals surface area contributed by atoms with E-state index in [1.807, 2.05) is 6.08 Å². The molecule has 0 aromatic heterocycles. The average molecular weight is 493 g/mol. The lowest BCUT2D eigenvalue weighted by Crippen LogP contribution is -2.67. The highest BCUT2D eigenvalue weighted by Crippen LogP contribution is 2.60. The molecule has 0 N–H and O–H groups in total. The van der Waals surface area contributed by atoms with Gasteiger partial charge in [0.15, 0.2) is 0 Å². The topological polar surface area (TPSA) is 35.5 Å². The van der Waals surface area contributed by atoms with Crippen molar-refractivity contribution in [3.05, 3.63) is 72.8 Å². The van der Waals surface area contributed by atoms with Crippen molar-refractivity contribution in [2.24, 2.45) is 22.7 Å². The summed E-state index contributed by atoms with van der Waals surface area (Å²) in [7, 11) is -1.14. The summed E-state index contributed by atoms with van der Waals surface area (Å²) >= 11 is 0. The van der Waals surface area contributed by atoms with Crippen LogP contribution in [0.5, 0.6) is 0 Å². The van der Waals surface area contributed by atoms with Crippen molar-refractivity contribution in [2.45, 2.75) is 66.3 Å². The first kappa shape index (κ1) is 27.4. The monoisotopic (exact) mass is 492 g/mol. The van der Waals surface area contributed by atoms with Gasteiger partial charge in [-0.05, 0) is 50.9 Å². The number of ether oxygens (including phenoxy) is 1. The highest BCUT2D eigenvalue weighted by molar-refractivity contribution is 6.99. The molecule has 0 bridgehead atoms. The minimum absolute atomic E-state index is 0.0295. The molecule has 4 heteroatoms. The lowest BCUT2D eigenvalue weighted by atomic mass is 9.60. The van der Waals surface area contributed by atoms with Crippen molar-refractivity contribution < 1.29 is 14.0 Å². The number of hydrogen-bond acceptors (Lipinski definition) is 3. The summed E-state index contributed by atoms with van der Waals surface area (Å²) in [5.41, 5.74) is 0.120. The van der Waals surface area contributed by atoms with Crippen molar-refractivity contribution in [3.8, 4) is 0 Å². The fraction of sp³-hybridized carbons (Fsp3) is 0.516. The Balaban J connectivity index is 1.95. The summed E-state index contributed by atoms with van der Waals surface area (Å²) in [4.78, 5) is 11.7. The number of benzene rings is 2. The van der Waals surface area contributed by atoms with E-state index in [2.05, 4.69) is 109 Å². The first-order valence-electron chi connectivity index (χ1n) is 12.9. The van der Waals surface area contributed by atoms with Gasteiger partial charge in [0.05, 0.1) is 7.11 Å².